The Kier molecular flexibility index (Phi) is 10.2. The van der Waals surface area contributed by atoms with Crippen LogP contribution in [0.4, 0.5) is 0 Å². The zero-order chi connectivity index (χ0) is 26.2. The Hall–Kier alpha value is -0.100. The van der Waals surface area contributed by atoms with E-state index in [2.05, 4.69) is 127 Å². The van der Waals surface area contributed by atoms with Gasteiger partial charge in [0.05, 0.1) is 0 Å². The molecule has 0 aliphatic carbocycles. The molecular weight excluding hydrogens is 479 g/mol. The first-order chi connectivity index (χ1) is 14.5. The first kappa shape index (κ1) is 30.9. The van der Waals surface area contributed by atoms with Crippen LogP contribution < -0.4 is 4.40 Å². The Bertz CT molecular complexity index is 749. The third-order valence-electron chi connectivity index (χ3n) is 5.97. The van der Waals surface area contributed by atoms with E-state index in [1.165, 1.54) is 21.6 Å². The molecule has 33 heavy (non-hydrogen) atoms. The number of hydrogen-bond donors (Lipinski definition) is 0. The summed E-state index contributed by atoms with van der Waals surface area (Å²) in [5.74, 6) is 0. The molecule has 0 atom stereocenters. The van der Waals surface area contributed by atoms with Gasteiger partial charge in [-0.2, -0.15) is 0 Å². The first-order valence-electron chi connectivity index (χ1n) is 13.0. The van der Waals surface area contributed by atoms with Gasteiger partial charge in [0.2, 0.25) is 0 Å². The van der Waals surface area contributed by atoms with Gasteiger partial charge in [-0.3, -0.25) is 0 Å². The van der Waals surface area contributed by atoms with Crippen molar-refractivity contribution in [3.05, 3.63) is 28.8 Å². The molecule has 0 bridgehead atoms. The molecule has 2 nitrogen and oxygen atoms in total. The van der Waals surface area contributed by atoms with Gasteiger partial charge in [-0.25, -0.2) is 0 Å². The molecule has 0 spiro atoms. The molecule has 0 aromatic heterocycles. The normalized spacial score (nSPS) is 14.3. The number of hydrogen-bond acceptors (Lipinski definition) is 2. The van der Waals surface area contributed by atoms with E-state index in [1.54, 1.807) is 4.40 Å². The van der Waals surface area contributed by atoms with Crippen LogP contribution in [0.15, 0.2) is 12.1 Å². The SMILES string of the molecule is CC(C)N(Cc1cc(C(C)(C)C)cc(C(C)(C)C)[c]1[Ge]([CH2][Si](C)(C)C)[O]C(C)(C)C)C(C)C. The fraction of sp³-hybridized carbons (Fsp3) is 0.793. The second-order valence-corrected chi connectivity index (χ2v) is 25.7. The molecule has 4 heteroatoms. The van der Waals surface area contributed by atoms with Crippen molar-refractivity contribution in [2.24, 2.45) is 0 Å². The van der Waals surface area contributed by atoms with Gasteiger partial charge in [0.25, 0.3) is 0 Å². The molecular formula is C29H56GeNOSi. The maximum atomic E-state index is 7.09. The van der Waals surface area contributed by atoms with E-state index in [0.717, 1.165) is 6.54 Å². The zero-order valence-corrected chi connectivity index (χ0v) is 28.2. The standard InChI is InChI=1S/C29H56GeNOSi/c1-21(2)31(22(3)4)19-23-17-24(27(5,6)7)18-25(28(8,9)10)26(23)30(20-33(14,15)16)32-29(11,12)13/h17-18,21-22H,19-20H2,1-16H3. The molecule has 0 saturated heterocycles. The van der Waals surface area contributed by atoms with E-state index < -0.39 is 22.8 Å². The van der Waals surface area contributed by atoms with Crippen molar-refractivity contribution in [3.63, 3.8) is 0 Å². The summed E-state index contributed by atoms with van der Waals surface area (Å²) in [5, 5.41) is 0. The van der Waals surface area contributed by atoms with Gasteiger partial charge in [0, 0.05) is 0 Å². The number of benzene rings is 1. The third kappa shape index (κ3) is 9.82. The van der Waals surface area contributed by atoms with E-state index in [1.807, 2.05) is 0 Å². The van der Waals surface area contributed by atoms with Crippen LogP contribution in [-0.2, 0) is 21.1 Å². The molecule has 0 saturated carbocycles. The van der Waals surface area contributed by atoms with Crippen molar-refractivity contribution in [1.82, 2.24) is 4.90 Å². The molecule has 0 aliphatic rings. The molecule has 0 amide bonds. The molecule has 1 radical (unpaired) electrons. The predicted molar refractivity (Wildman–Crippen MR) is 154 cm³/mol. The van der Waals surface area contributed by atoms with Gasteiger partial charge in [-0.05, 0) is 0 Å². The molecule has 0 N–H and O–H groups in total. The Balaban J connectivity index is 4.01. The van der Waals surface area contributed by atoms with Crippen LogP contribution in [0.1, 0.15) is 107 Å². The van der Waals surface area contributed by atoms with Crippen LogP contribution in [0.25, 0.3) is 0 Å². The predicted octanol–water partition coefficient (Wildman–Crippen LogP) is 7.79. The van der Waals surface area contributed by atoms with Crippen LogP contribution in [-0.4, -0.2) is 45.3 Å². The molecule has 1 aromatic rings. The Morgan fingerprint density at radius 2 is 1.30 bits per heavy atom. The third-order valence-corrected chi connectivity index (χ3v) is 20.3. The summed E-state index contributed by atoms with van der Waals surface area (Å²) in [6.07, 6.45) is 0. The van der Waals surface area contributed by atoms with Crippen LogP contribution in [0.2, 0.25) is 24.5 Å². The minimum atomic E-state index is -2.04. The van der Waals surface area contributed by atoms with E-state index in [9.17, 15) is 0 Å². The summed E-state index contributed by atoms with van der Waals surface area (Å²) in [6, 6.07) is 6.11. The average Bonchev–Trinajstić information content (AvgIpc) is 2.53. The Morgan fingerprint density at radius 3 is 1.64 bits per heavy atom. The van der Waals surface area contributed by atoms with Crippen LogP contribution in [0.5, 0.6) is 0 Å². The van der Waals surface area contributed by atoms with Gasteiger partial charge in [-0.1, -0.05) is 0 Å². The van der Waals surface area contributed by atoms with Gasteiger partial charge < -0.3 is 0 Å². The molecule has 191 valence electrons. The van der Waals surface area contributed by atoms with Gasteiger partial charge >= 0.3 is 214 Å². The van der Waals surface area contributed by atoms with Crippen molar-refractivity contribution >= 4 is 27.2 Å². The van der Waals surface area contributed by atoms with Crippen LogP contribution in [0, 0.1) is 0 Å². The van der Waals surface area contributed by atoms with E-state index >= 15 is 0 Å². The van der Waals surface area contributed by atoms with E-state index in [4.69, 9.17) is 3.76 Å². The topological polar surface area (TPSA) is 12.5 Å². The minimum absolute atomic E-state index is 0.0881. The quantitative estimate of drug-likeness (QED) is 0.315. The number of rotatable bonds is 8. The Morgan fingerprint density at radius 1 is 0.818 bits per heavy atom. The number of nitrogens with zero attached hydrogens (tertiary/aromatic N) is 1. The molecule has 0 heterocycles. The van der Waals surface area contributed by atoms with Crippen molar-refractivity contribution < 1.29 is 3.76 Å². The van der Waals surface area contributed by atoms with Crippen molar-refractivity contribution in [3.8, 4) is 0 Å². The van der Waals surface area contributed by atoms with Crippen molar-refractivity contribution in [2.45, 2.75) is 150 Å². The molecule has 1 aromatic carbocycles. The van der Waals surface area contributed by atoms with Crippen molar-refractivity contribution in [1.29, 1.82) is 0 Å². The zero-order valence-electron chi connectivity index (χ0n) is 25.1. The fourth-order valence-corrected chi connectivity index (χ4v) is 17.6. The molecule has 0 unspecified atom stereocenters. The van der Waals surface area contributed by atoms with E-state index in [0.29, 0.717) is 12.1 Å². The van der Waals surface area contributed by atoms with E-state index in [-0.39, 0.29) is 16.4 Å². The van der Waals surface area contributed by atoms with Gasteiger partial charge in [0.15, 0.2) is 0 Å². The second-order valence-electron chi connectivity index (χ2n) is 14.8. The van der Waals surface area contributed by atoms with Crippen molar-refractivity contribution in [2.75, 3.05) is 0 Å². The summed E-state index contributed by atoms with van der Waals surface area (Å²) in [5.41, 5.74) is 4.63. The average molecular weight is 535 g/mol. The van der Waals surface area contributed by atoms with Gasteiger partial charge in [0.1, 0.15) is 0 Å². The van der Waals surface area contributed by atoms with Crippen LogP contribution in [0.3, 0.4) is 0 Å². The summed E-state index contributed by atoms with van der Waals surface area (Å²) in [6.45, 7) is 38.9. The Labute approximate surface area is 213 Å². The summed E-state index contributed by atoms with van der Waals surface area (Å²) in [7, 11) is -1.31. The second kappa shape index (κ2) is 10.9. The fourth-order valence-electron chi connectivity index (χ4n) is 4.37. The summed E-state index contributed by atoms with van der Waals surface area (Å²) in [4.78, 5) is 3.96. The molecule has 0 fully saturated rings. The summed E-state index contributed by atoms with van der Waals surface area (Å²) >= 11 is -2.04. The first-order valence-corrected chi connectivity index (χ1v) is 20.1. The molecule has 1 rings (SSSR count). The molecule has 0 aliphatic heterocycles. The maximum absolute atomic E-state index is 7.09. The van der Waals surface area contributed by atoms with Crippen LogP contribution >= 0.6 is 0 Å². The van der Waals surface area contributed by atoms with Gasteiger partial charge in [-0.15, -0.1) is 0 Å². The summed E-state index contributed by atoms with van der Waals surface area (Å²) < 4.78 is 8.71. The monoisotopic (exact) mass is 536 g/mol.